The monoisotopic (exact) mass is 328 g/mol. The molecule has 4 nitrogen and oxygen atoms in total. The molecule has 0 amide bonds. The molecule has 0 N–H and O–H groups in total. The zero-order chi connectivity index (χ0) is 18.3. The lowest BCUT2D eigenvalue weighted by Crippen LogP contribution is -2.43. The zero-order valence-corrected chi connectivity index (χ0v) is 16.4. The molecule has 0 radical (unpaired) electrons. The molecule has 0 aliphatic rings. The summed E-state index contributed by atoms with van der Waals surface area (Å²) in [5.74, 6) is -0.876. The molecule has 0 heterocycles. The Morgan fingerprint density at radius 3 is 1.17 bits per heavy atom. The van der Waals surface area contributed by atoms with Crippen LogP contribution in [0.3, 0.4) is 0 Å². The van der Waals surface area contributed by atoms with Crippen LogP contribution in [0, 0.1) is 16.2 Å². The van der Waals surface area contributed by atoms with E-state index >= 15 is 0 Å². The van der Waals surface area contributed by atoms with Crippen molar-refractivity contribution >= 4 is 11.9 Å². The maximum absolute atomic E-state index is 12.7. The number of hydrogen-bond donors (Lipinski definition) is 0. The van der Waals surface area contributed by atoms with Gasteiger partial charge in [0.1, 0.15) is 0 Å². The second kappa shape index (κ2) is 8.70. The Balaban J connectivity index is 5.59. The van der Waals surface area contributed by atoms with Crippen LogP contribution >= 0.6 is 0 Å². The average molecular weight is 328 g/mol. The van der Waals surface area contributed by atoms with E-state index in [1.54, 1.807) is 13.8 Å². The maximum atomic E-state index is 12.7. The lowest BCUT2D eigenvalue weighted by atomic mass is 9.72. The first kappa shape index (κ1) is 21.9. The first-order valence-corrected chi connectivity index (χ1v) is 8.72. The molecule has 0 unspecified atom stereocenters. The van der Waals surface area contributed by atoms with Crippen molar-refractivity contribution < 1.29 is 19.1 Å². The van der Waals surface area contributed by atoms with Crippen molar-refractivity contribution in [3.63, 3.8) is 0 Å². The van der Waals surface area contributed by atoms with Gasteiger partial charge >= 0.3 is 11.9 Å². The maximum Gasteiger partial charge on any atom is 0.323 e. The molecular formula is C19H36O4. The molecule has 0 saturated heterocycles. The van der Waals surface area contributed by atoms with E-state index in [1.165, 1.54) is 0 Å². The van der Waals surface area contributed by atoms with Gasteiger partial charge in [-0.15, -0.1) is 0 Å². The van der Waals surface area contributed by atoms with Gasteiger partial charge in [0.25, 0.3) is 0 Å². The van der Waals surface area contributed by atoms with Gasteiger partial charge in [-0.3, -0.25) is 9.59 Å². The van der Waals surface area contributed by atoms with Crippen LogP contribution in [0.5, 0.6) is 0 Å². The molecule has 0 saturated carbocycles. The lowest BCUT2D eigenvalue weighted by Gasteiger charge is -2.33. The van der Waals surface area contributed by atoms with Crippen LogP contribution in [0.1, 0.15) is 81.1 Å². The summed E-state index contributed by atoms with van der Waals surface area (Å²) in [4.78, 5) is 25.4. The van der Waals surface area contributed by atoms with E-state index in [2.05, 4.69) is 41.5 Å². The Kier molecular flexibility index (Phi) is 8.30. The summed E-state index contributed by atoms with van der Waals surface area (Å²) >= 11 is 0. The first-order valence-electron chi connectivity index (χ1n) is 8.72. The largest absolute Gasteiger partial charge is 0.465 e. The number of carbonyl (C=O) groups is 2. The normalized spacial score (nSPS) is 12.9. The van der Waals surface area contributed by atoms with Crippen LogP contribution in [0.15, 0.2) is 0 Å². The third kappa shape index (κ3) is 7.85. The summed E-state index contributed by atoms with van der Waals surface area (Å²) in [5, 5.41) is 0. The molecular weight excluding hydrogens is 292 g/mol. The van der Waals surface area contributed by atoms with Crippen LogP contribution in [0.25, 0.3) is 0 Å². The summed E-state index contributed by atoms with van der Waals surface area (Å²) in [6, 6.07) is 0. The first-order chi connectivity index (χ1) is 10.4. The number of carbonyl (C=O) groups excluding carboxylic acids is 2. The molecule has 0 aromatic carbocycles. The van der Waals surface area contributed by atoms with Crippen molar-refractivity contribution in [1.29, 1.82) is 0 Å². The molecule has 0 atom stereocenters. The summed E-state index contributed by atoms with van der Waals surface area (Å²) < 4.78 is 10.5. The molecule has 4 heteroatoms. The van der Waals surface area contributed by atoms with E-state index in [9.17, 15) is 9.59 Å². The Morgan fingerprint density at radius 2 is 0.957 bits per heavy atom. The smallest absolute Gasteiger partial charge is 0.323 e. The predicted octanol–water partition coefficient (Wildman–Crippen LogP) is 4.75. The quantitative estimate of drug-likeness (QED) is 0.476. The van der Waals surface area contributed by atoms with Gasteiger partial charge < -0.3 is 9.47 Å². The van der Waals surface area contributed by atoms with E-state index in [4.69, 9.17) is 9.47 Å². The Labute approximate surface area is 142 Å². The van der Waals surface area contributed by atoms with Crippen molar-refractivity contribution in [3.05, 3.63) is 0 Å². The number of esters is 2. The molecule has 0 rings (SSSR count). The highest BCUT2D eigenvalue weighted by Gasteiger charge is 2.49. The highest BCUT2D eigenvalue weighted by Crippen LogP contribution is 2.40. The molecule has 0 aromatic heterocycles. The van der Waals surface area contributed by atoms with Crippen LogP contribution in [0.2, 0.25) is 0 Å². The third-order valence-corrected chi connectivity index (χ3v) is 3.94. The SMILES string of the molecule is CCOC(=O)C(CCC(C)(C)C)(CCC(C)(C)C)C(=O)OCC. The van der Waals surface area contributed by atoms with Crippen molar-refractivity contribution in [2.45, 2.75) is 81.1 Å². The Hall–Kier alpha value is -1.06. The van der Waals surface area contributed by atoms with E-state index in [1.807, 2.05) is 0 Å². The van der Waals surface area contributed by atoms with Gasteiger partial charge in [0.05, 0.1) is 13.2 Å². The number of hydrogen-bond acceptors (Lipinski definition) is 4. The second-order valence-corrected chi connectivity index (χ2v) is 8.64. The van der Waals surface area contributed by atoms with E-state index in [0.717, 1.165) is 12.8 Å². The summed E-state index contributed by atoms with van der Waals surface area (Å²) in [7, 11) is 0. The van der Waals surface area contributed by atoms with Crippen LogP contribution in [-0.4, -0.2) is 25.2 Å². The lowest BCUT2D eigenvalue weighted by molar-refractivity contribution is -0.174. The average Bonchev–Trinajstić information content (AvgIpc) is 2.37. The topological polar surface area (TPSA) is 52.6 Å². The third-order valence-electron chi connectivity index (χ3n) is 3.94. The summed E-state index contributed by atoms with van der Waals surface area (Å²) in [6.45, 7) is 16.7. The van der Waals surface area contributed by atoms with Gasteiger partial charge in [0.15, 0.2) is 5.41 Å². The minimum atomic E-state index is -1.19. The van der Waals surface area contributed by atoms with Crippen LogP contribution in [-0.2, 0) is 19.1 Å². The fourth-order valence-corrected chi connectivity index (χ4v) is 2.33. The zero-order valence-electron chi connectivity index (χ0n) is 16.4. The van der Waals surface area contributed by atoms with Gasteiger partial charge in [0.2, 0.25) is 0 Å². The van der Waals surface area contributed by atoms with Gasteiger partial charge in [-0.25, -0.2) is 0 Å². The number of rotatable bonds is 8. The second-order valence-electron chi connectivity index (χ2n) is 8.64. The Bertz CT molecular complexity index is 347. The van der Waals surface area contributed by atoms with Crippen LogP contribution in [0.4, 0.5) is 0 Å². The molecule has 23 heavy (non-hydrogen) atoms. The molecule has 0 aliphatic carbocycles. The van der Waals surface area contributed by atoms with Crippen molar-refractivity contribution in [2.24, 2.45) is 16.2 Å². The van der Waals surface area contributed by atoms with Gasteiger partial charge in [-0.1, -0.05) is 41.5 Å². The predicted molar refractivity (Wildman–Crippen MR) is 93.1 cm³/mol. The highest BCUT2D eigenvalue weighted by atomic mass is 16.6. The standard InChI is InChI=1S/C19H36O4/c1-9-22-15(20)19(16(21)23-10-2,13-11-17(3,4)5)14-12-18(6,7)8/h9-14H2,1-8H3. The molecule has 0 bridgehead atoms. The fourth-order valence-electron chi connectivity index (χ4n) is 2.33. The van der Waals surface area contributed by atoms with Gasteiger partial charge in [0, 0.05) is 0 Å². The summed E-state index contributed by atoms with van der Waals surface area (Å²) in [5.41, 5.74) is -1.12. The Morgan fingerprint density at radius 1 is 0.652 bits per heavy atom. The molecule has 0 spiro atoms. The van der Waals surface area contributed by atoms with E-state index in [-0.39, 0.29) is 24.0 Å². The minimum absolute atomic E-state index is 0.0337. The van der Waals surface area contributed by atoms with Gasteiger partial charge in [-0.2, -0.15) is 0 Å². The van der Waals surface area contributed by atoms with E-state index < -0.39 is 17.4 Å². The molecule has 136 valence electrons. The van der Waals surface area contributed by atoms with Crippen molar-refractivity contribution in [2.75, 3.05) is 13.2 Å². The number of ether oxygens (including phenoxy) is 2. The summed E-state index contributed by atoms with van der Waals surface area (Å²) in [6.07, 6.45) is 2.44. The van der Waals surface area contributed by atoms with Crippen molar-refractivity contribution in [3.8, 4) is 0 Å². The fraction of sp³-hybridized carbons (Fsp3) is 0.895. The molecule has 0 fully saturated rings. The molecule has 0 aliphatic heterocycles. The van der Waals surface area contributed by atoms with Crippen LogP contribution < -0.4 is 0 Å². The molecule has 0 aromatic rings. The van der Waals surface area contributed by atoms with Gasteiger partial charge in [-0.05, 0) is 50.4 Å². The van der Waals surface area contributed by atoms with Crippen molar-refractivity contribution in [1.82, 2.24) is 0 Å². The van der Waals surface area contributed by atoms with E-state index in [0.29, 0.717) is 12.8 Å². The highest BCUT2D eigenvalue weighted by molar-refractivity contribution is 6.00. The minimum Gasteiger partial charge on any atom is -0.465 e.